The van der Waals surface area contributed by atoms with Gasteiger partial charge in [0.15, 0.2) is 0 Å². The van der Waals surface area contributed by atoms with Crippen molar-refractivity contribution in [1.29, 1.82) is 0 Å². The van der Waals surface area contributed by atoms with Gasteiger partial charge < -0.3 is 0 Å². The molecule has 0 aliphatic rings. The Morgan fingerprint density at radius 3 is 2.29 bits per heavy atom. The minimum Gasteiger partial charge on any atom is -0.255 e. The van der Waals surface area contributed by atoms with Gasteiger partial charge in [0.1, 0.15) is 0 Å². The summed E-state index contributed by atoms with van der Waals surface area (Å²) in [7, 11) is 0. The normalized spacial score (nSPS) is 10.1. The van der Waals surface area contributed by atoms with E-state index >= 15 is 0 Å². The number of nitrogens with zero attached hydrogens (tertiary/aromatic N) is 1. The second-order valence-electron chi connectivity index (χ2n) is 2.85. The van der Waals surface area contributed by atoms with Gasteiger partial charge in [-0.15, -0.1) is 0 Å². The maximum Gasteiger partial charge on any atom is 0.0775 e. The first kappa shape index (κ1) is 9.50. The van der Waals surface area contributed by atoms with E-state index in [4.69, 9.17) is 23.2 Å². The molecule has 3 heteroatoms. The van der Waals surface area contributed by atoms with Crippen LogP contribution in [-0.2, 0) is 0 Å². The van der Waals surface area contributed by atoms with Crippen molar-refractivity contribution in [1.82, 2.24) is 4.98 Å². The maximum absolute atomic E-state index is 5.89. The second kappa shape index (κ2) is 3.99. The van der Waals surface area contributed by atoms with Crippen LogP contribution in [0.15, 0.2) is 42.6 Å². The van der Waals surface area contributed by atoms with Gasteiger partial charge in [-0.25, -0.2) is 0 Å². The van der Waals surface area contributed by atoms with E-state index in [-0.39, 0.29) is 0 Å². The zero-order valence-electron chi connectivity index (χ0n) is 7.24. The Balaban J connectivity index is 2.48. The van der Waals surface area contributed by atoms with E-state index in [2.05, 4.69) is 4.98 Å². The van der Waals surface area contributed by atoms with Crippen LogP contribution in [0.5, 0.6) is 0 Å². The highest BCUT2D eigenvalue weighted by atomic mass is 35.5. The fourth-order valence-electron chi connectivity index (χ4n) is 1.18. The molecule has 0 aliphatic heterocycles. The van der Waals surface area contributed by atoms with Crippen molar-refractivity contribution >= 4 is 23.2 Å². The average Bonchev–Trinajstić information content (AvgIpc) is 2.23. The predicted molar refractivity (Wildman–Crippen MR) is 59.7 cm³/mol. The topological polar surface area (TPSA) is 12.9 Å². The van der Waals surface area contributed by atoms with E-state index in [0.29, 0.717) is 10.0 Å². The first-order valence-corrected chi connectivity index (χ1v) is 4.89. The number of benzene rings is 1. The van der Waals surface area contributed by atoms with Crippen LogP contribution in [0.2, 0.25) is 10.0 Å². The van der Waals surface area contributed by atoms with Gasteiger partial charge in [0, 0.05) is 11.8 Å². The quantitative estimate of drug-likeness (QED) is 0.711. The monoisotopic (exact) mass is 223 g/mol. The zero-order chi connectivity index (χ0) is 9.97. The van der Waals surface area contributed by atoms with Crippen molar-refractivity contribution in [2.75, 3.05) is 0 Å². The van der Waals surface area contributed by atoms with E-state index in [1.807, 2.05) is 30.3 Å². The SMILES string of the molecule is Clc1cnc(-c2ccccc2)cc1Cl. The van der Waals surface area contributed by atoms with Crippen LogP contribution in [0.3, 0.4) is 0 Å². The summed E-state index contributed by atoms with van der Waals surface area (Å²) in [6, 6.07) is 11.6. The molecule has 0 radical (unpaired) electrons. The van der Waals surface area contributed by atoms with Crippen LogP contribution < -0.4 is 0 Å². The van der Waals surface area contributed by atoms with Gasteiger partial charge in [-0.3, -0.25) is 4.98 Å². The first-order valence-electron chi connectivity index (χ1n) is 4.14. The predicted octanol–water partition coefficient (Wildman–Crippen LogP) is 4.06. The molecule has 0 amide bonds. The van der Waals surface area contributed by atoms with Gasteiger partial charge in [-0.2, -0.15) is 0 Å². The Bertz CT molecular complexity index is 440. The van der Waals surface area contributed by atoms with E-state index < -0.39 is 0 Å². The van der Waals surface area contributed by atoms with Crippen LogP contribution in [0.25, 0.3) is 11.3 Å². The molecule has 0 bridgehead atoms. The van der Waals surface area contributed by atoms with E-state index in [0.717, 1.165) is 11.3 Å². The summed E-state index contributed by atoms with van der Waals surface area (Å²) in [4.78, 5) is 4.19. The Hall–Kier alpha value is -1.05. The van der Waals surface area contributed by atoms with Gasteiger partial charge >= 0.3 is 0 Å². The van der Waals surface area contributed by atoms with Gasteiger partial charge in [0.2, 0.25) is 0 Å². The highest BCUT2D eigenvalue weighted by Crippen LogP contribution is 2.25. The highest BCUT2D eigenvalue weighted by molar-refractivity contribution is 6.42. The zero-order valence-corrected chi connectivity index (χ0v) is 8.76. The molecular weight excluding hydrogens is 217 g/mol. The molecule has 70 valence electrons. The first-order chi connectivity index (χ1) is 6.77. The van der Waals surface area contributed by atoms with Crippen LogP contribution in [0, 0.1) is 0 Å². The highest BCUT2D eigenvalue weighted by Gasteiger charge is 2.02. The minimum absolute atomic E-state index is 0.478. The van der Waals surface area contributed by atoms with Crippen molar-refractivity contribution in [3.63, 3.8) is 0 Å². The van der Waals surface area contributed by atoms with Gasteiger partial charge in [0.05, 0.1) is 15.7 Å². The summed E-state index contributed by atoms with van der Waals surface area (Å²) < 4.78 is 0. The van der Waals surface area contributed by atoms with Gasteiger partial charge in [-0.05, 0) is 6.07 Å². The summed E-state index contributed by atoms with van der Waals surface area (Å²) in [6.07, 6.45) is 1.56. The fraction of sp³-hybridized carbons (Fsp3) is 0. The number of rotatable bonds is 1. The number of halogens is 2. The Kier molecular flexibility index (Phi) is 2.71. The molecule has 1 nitrogen and oxygen atoms in total. The average molecular weight is 224 g/mol. The number of hydrogen-bond donors (Lipinski definition) is 0. The molecule has 0 aliphatic carbocycles. The van der Waals surface area contributed by atoms with Crippen molar-refractivity contribution in [3.05, 3.63) is 52.6 Å². The molecule has 0 spiro atoms. The molecule has 0 saturated carbocycles. The molecule has 0 unspecified atom stereocenters. The number of hydrogen-bond acceptors (Lipinski definition) is 1. The maximum atomic E-state index is 5.89. The third-order valence-electron chi connectivity index (χ3n) is 1.88. The molecule has 1 aromatic carbocycles. The van der Waals surface area contributed by atoms with Crippen LogP contribution in [-0.4, -0.2) is 4.98 Å². The van der Waals surface area contributed by atoms with E-state index in [9.17, 15) is 0 Å². The largest absolute Gasteiger partial charge is 0.255 e. The fourth-order valence-corrected chi connectivity index (χ4v) is 1.44. The minimum atomic E-state index is 0.478. The molecule has 2 aromatic rings. The van der Waals surface area contributed by atoms with Gasteiger partial charge in [0.25, 0.3) is 0 Å². The summed E-state index contributed by atoms with van der Waals surface area (Å²) in [5.74, 6) is 0. The van der Waals surface area contributed by atoms with Crippen molar-refractivity contribution in [3.8, 4) is 11.3 Å². The van der Waals surface area contributed by atoms with Crippen LogP contribution in [0.1, 0.15) is 0 Å². The molecule has 1 aromatic heterocycles. The summed E-state index contributed by atoms with van der Waals surface area (Å²) in [5.41, 5.74) is 1.87. The standard InChI is InChI=1S/C11H7Cl2N/c12-9-6-11(14-7-10(9)13)8-4-2-1-3-5-8/h1-7H. The molecule has 0 saturated heterocycles. The Morgan fingerprint density at radius 2 is 1.64 bits per heavy atom. The number of aromatic nitrogens is 1. The molecule has 0 atom stereocenters. The summed E-state index contributed by atoms with van der Waals surface area (Å²) >= 11 is 11.7. The molecule has 0 N–H and O–H groups in total. The molecule has 2 rings (SSSR count). The lowest BCUT2D eigenvalue weighted by atomic mass is 10.1. The molecule has 1 heterocycles. The van der Waals surface area contributed by atoms with Crippen molar-refractivity contribution in [2.24, 2.45) is 0 Å². The molecule has 0 fully saturated rings. The Morgan fingerprint density at radius 1 is 0.929 bits per heavy atom. The van der Waals surface area contributed by atoms with E-state index in [1.165, 1.54) is 0 Å². The lowest BCUT2D eigenvalue weighted by Gasteiger charge is -2.01. The van der Waals surface area contributed by atoms with Crippen LogP contribution in [0.4, 0.5) is 0 Å². The lowest BCUT2D eigenvalue weighted by Crippen LogP contribution is -1.82. The van der Waals surface area contributed by atoms with Crippen molar-refractivity contribution < 1.29 is 0 Å². The second-order valence-corrected chi connectivity index (χ2v) is 3.66. The third-order valence-corrected chi connectivity index (χ3v) is 2.59. The number of pyridine rings is 1. The summed E-state index contributed by atoms with van der Waals surface area (Å²) in [6.45, 7) is 0. The Labute approximate surface area is 92.3 Å². The van der Waals surface area contributed by atoms with Crippen molar-refractivity contribution in [2.45, 2.75) is 0 Å². The third kappa shape index (κ3) is 1.89. The summed E-state index contributed by atoms with van der Waals surface area (Å²) in [5, 5.41) is 1.01. The van der Waals surface area contributed by atoms with Gasteiger partial charge in [-0.1, -0.05) is 53.5 Å². The van der Waals surface area contributed by atoms with E-state index in [1.54, 1.807) is 12.3 Å². The lowest BCUT2D eigenvalue weighted by molar-refractivity contribution is 1.33. The van der Waals surface area contributed by atoms with Crippen LogP contribution >= 0.6 is 23.2 Å². The molecular formula is C11H7Cl2N. The smallest absolute Gasteiger partial charge is 0.0775 e. The molecule has 14 heavy (non-hydrogen) atoms.